The average molecular weight is 657 g/mol. The maximum absolute atomic E-state index is 6.43. The second kappa shape index (κ2) is 17.8. The van der Waals surface area contributed by atoms with Gasteiger partial charge in [-0.05, 0) is 90.5 Å². The van der Waals surface area contributed by atoms with Crippen molar-refractivity contribution in [2.75, 3.05) is 13.2 Å². The third-order valence-electron chi connectivity index (χ3n) is 6.95. The number of benzene rings is 2. The Morgan fingerprint density at radius 2 is 0.976 bits per heavy atom. The van der Waals surface area contributed by atoms with E-state index in [1.165, 1.54) is 11.1 Å². The standard InChI is InChI=1S/C34H47N3O2.2ClH.Fe/c1-11-13-15-38-33-31(27(9)35-29-23(5)17-21(3)18-24(29)6)37-32(34(33)39-16-14-12-2)28(10)36-30-25(7)19-22(4)20-26(30)8;;;/h17-20,37H,11-16H2,1-10H3;2*1H;/q;;;+2/p-2. The molecule has 0 bridgehead atoms. The number of rotatable bonds is 12. The molecule has 0 saturated heterocycles. The van der Waals surface area contributed by atoms with Crippen molar-refractivity contribution in [2.24, 2.45) is 9.98 Å². The summed E-state index contributed by atoms with van der Waals surface area (Å²) in [6.45, 7) is 22.4. The third kappa shape index (κ3) is 9.91. The molecule has 0 fully saturated rings. The van der Waals surface area contributed by atoms with E-state index in [1.54, 1.807) is 0 Å². The van der Waals surface area contributed by atoms with Crippen LogP contribution in [0.1, 0.15) is 98.1 Å². The summed E-state index contributed by atoms with van der Waals surface area (Å²) in [5.74, 6) is 1.45. The van der Waals surface area contributed by atoms with Gasteiger partial charge in [0, 0.05) is 0 Å². The average Bonchev–Trinajstić information content (AvgIpc) is 3.27. The zero-order chi connectivity index (χ0) is 31.4. The first-order chi connectivity index (χ1) is 20.0. The molecule has 0 unspecified atom stereocenters. The Hall–Kier alpha value is -2.24. The van der Waals surface area contributed by atoms with Gasteiger partial charge in [-0.2, -0.15) is 0 Å². The molecule has 0 aliphatic carbocycles. The van der Waals surface area contributed by atoms with Gasteiger partial charge in [-0.1, -0.05) is 62.1 Å². The molecule has 42 heavy (non-hydrogen) atoms. The van der Waals surface area contributed by atoms with Gasteiger partial charge in [-0.25, -0.2) is 0 Å². The molecule has 0 amide bonds. The van der Waals surface area contributed by atoms with E-state index in [2.05, 4.69) is 84.6 Å². The van der Waals surface area contributed by atoms with Crippen molar-refractivity contribution < 1.29 is 22.6 Å². The Kier molecular flexibility index (Phi) is 15.2. The van der Waals surface area contributed by atoms with Gasteiger partial charge >= 0.3 is 33.3 Å². The summed E-state index contributed by atoms with van der Waals surface area (Å²) in [6, 6.07) is 8.72. The number of halogens is 2. The second-order valence-electron chi connectivity index (χ2n) is 10.9. The summed E-state index contributed by atoms with van der Waals surface area (Å²) in [5.41, 5.74) is 12.5. The van der Waals surface area contributed by atoms with E-state index >= 15 is 0 Å². The van der Waals surface area contributed by atoms with E-state index in [9.17, 15) is 0 Å². The summed E-state index contributed by atoms with van der Waals surface area (Å²) in [4.78, 5) is 13.8. The molecule has 3 rings (SSSR count). The molecule has 3 aromatic rings. The van der Waals surface area contributed by atoms with E-state index in [-0.39, 0.29) is 13.1 Å². The minimum atomic E-state index is 0.194. The Bertz CT molecular complexity index is 1250. The van der Waals surface area contributed by atoms with Gasteiger partial charge in [0.1, 0.15) is 11.4 Å². The van der Waals surface area contributed by atoms with E-state index in [1.807, 2.05) is 13.8 Å². The number of hydrogen-bond acceptors (Lipinski definition) is 4. The Balaban J connectivity index is 0.00000197. The molecule has 0 aliphatic rings. The number of aliphatic imine (C=N–C) groups is 2. The normalized spacial score (nSPS) is 11.9. The van der Waals surface area contributed by atoms with Crippen LogP contribution in [-0.2, 0) is 13.1 Å². The third-order valence-corrected chi connectivity index (χ3v) is 6.95. The molecule has 1 heterocycles. The van der Waals surface area contributed by atoms with Crippen LogP contribution in [0.5, 0.6) is 11.5 Å². The number of nitrogens with one attached hydrogen (secondary N) is 1. The SMILES string of the molecule is CCCCOc1c(C(C)=Nc2c(C)cc(C)cc2C)[nH]c(C(C)=Nc2c(C)cc(C)cc2C)c1OCCCC.[Cl][Fe][Cl]. The van der Waals surface area contributed by atoms with Crippen LogP contribution < -0.4 is 9.47 Å². The topological polar surface area (TPSA) is 59.0 Å². The van der Waals surface area contributed by atoms with Crippen molar-refractivity contribution in [1.82, 2.24) is 4.98 Å². The summed E-state index contributed by atoms with van der Waals surface area (Å²) in [5, 5.41) is 0. The molecule has 1 N–H and O–H groups in total. The first-order valence-electron chi connectivity index (χ1n) is 14.6. The minimum absolute atomic E-state index is 0.194. The van der Waals surface area contributed by atoms with Crippen molar-refractivity contribution in [2.45, 2.75) is 94.9 Å². The van der Waals surface area contributed by atoms with Crippen molar-refractivity contribution in [1.29, 1.82) is 0 Å². The number of hydrogen-bond donors (Lipinski definition) is 1. The predicted octanol–water partition coefficient (Wildman–Crippen LogP) is 10.9. The summed E-state index contributed by atoms with van der Waals surface area (Å²) in [7, 11) is 9.53. The number of aromatic nitrogens is 1. The van der Waals surface area contributed by atoms with Gasteiger partial charge in [0.05, 0.1) is 36.0 Å². The number of nitrogens with zero attached hydrogens (tertiary/aromatic N) is 2. The van der Waals surface area contributed by atoms with Crippen LogP contribution in [0.3, 0.4) is 0 Å². The zero-order valence-corrected chi connectivity index (χ0v) is 29.5. The van der Waals surface area contributed by atoms with Crippen LogP contribution in [0.15, 0.2) is 34.3 Å². The van der Waals surface area contributed by atoms with Crippen LogP contribution in [0.4, 0.5) is 11.4 Å². The Morgan fingerprint density at radius 3 is 1.26 bits per heavy atom. The maximum atomic E-state index is 6.43. The van der Waals surface area contributed by atoms with Crippen molar-refractivity contribution in [3.8, 4) is 11.5 Å². The molecule has 2 aromatic carbocycles. The van der Waals surface area contributed by atoms with Crippen molar-refractivity contribution in [3.05, 3.63) is 69.0 Å². The van der Waals surface area contributed by atoms with Crippen molar-refractivity contribution in [3.63, 3.8) is 0 Å². The van der Waals surface area contributed by atoms with Gasteiger partial charge in [0.2, 0.25) is 0 Å². The number of aryl methyl sites for hydroxylation is 6. The molecule has 0 radical (unpaired) electrons. The first kappa shape index (κ1) is 36.0. The second-order valence-corrected chi connectivity index (χ2v) is 12.7. The van der Waals surface area contributed by atoms with E-state index < -0.39 is 0 Å². The fourth-order valence-electron chi connectivity index (χ4n) is 5.03. The number of ether oxygens (including phenoxy) is 2. The molecule has 8 heteroatoms. The molecular weight excluding hydrogens is 609 g/mol. The molecule has 5 nitrogen and oxygen atoms in total. The van der Waals surface area contributed by atoms with Gasteiger partial charge in [-0.15, -0.1) is 0 Å². The fourth-order valence-corrected chi connectivity index (χ4v) is 5.03. The number of aromatic amines is 1. The predicted molar refractivity (Wildman–Crippen MR) is 178 cm³/mol. The van der Waals surface area contributed by atoms with Crippen molar-refractivity contribution >= 4 is 43.0 Å². The first-order valence-corrected chi connectivity index (χ1v) is 17.7. The molecule has 232 valence electrons. The van der Waals surface area contributed by atoms with E-state index in [0.717, 1.165) is 93.6 Å². The van der Waals surface area contributed by atoms with Gasteiger partial charge in [0.25, 0.3) is 0 Å². The molecular formula is C34H47Cl2FeN3O2. The monoisotopic (exact) mass is 655 g/mol. The molecule has 0 aliphatic heterocycles. The van der Waals surface area contributed by atoms with Crippen LogP contribution >= 0.6 is 20.2 Å². The fraction of sp³-hybridized carbons (Fsp3) is 0.471. The van der Waals surface area contributed by atoms with Crippen LogP contribution in [0.2, 0.25) is 0 Å². The quantitative estimate of drug-likeness (QED) is 0.120. The number of H-pyrrole nitrogens is 1. The van der Waals surface area contributed by atoms with Crippen LogP contribution in [0.25, 0.3) is 0 Å². The van der Waals surface area contributed by atoms with Crippen LogP contribution in [0, 0.1) is 41.5 Å². The Labute approximate surface area is 268 Å². The summed E-state index contributed by atoms with van der Waals surface area (Å²) < 4.78 is 12.9. The molecule has 0 saturated carbocycles. The molecule has 0 atom stereocenters. The molecule has 1 aromatic heterocycles. The van der Waals surface area contributed by atoms with Gasteiger partial charge < -0.3 is 14.5 Å². The molecule has 0 spiro atoms. The summed E-state index contributed by atoms with van der Waals surface area (Å²) in [6.07, 6.45) is 4.05. The Morgan fingerprint density at radius 1 is 0.667 bits per heavy atom. The van der Waals surface area contributed by atoms with Gasteiger partial charge in [0.15, 0.2) is 11.5 Å². The van der Waals surface area contributed by atoms with E-state index in [4.69, 9.17) is 39.7 Å². The van der Waals surface area contributed by atoms with Crippen LogP contribution in [-0.4, -0.2) is 29.6 Å². The number of unbranched alkanes of at least 4 members (excludes halogenated alkanes) is 2. The van der Waals surface area contributed by atoms with E-state index in [0.29, 0.717) is 13.2 Å². The summed E-state index contributed by atoms with van der Waals surface area (Å²) >= 11 is 0.194. The van der Waals surface area contributed by atoms with Gasteiger partial charge in [-0.3, -0.25) is 9.98 Å². The zero-order valence-electron chi connectivity index (χ0n) is 26.9.